The number of hydrogen-bond donors (Lipinski definition) is 1. The second-order valence-electron chi connectivity index (χ2n) is 9.59. The van der Waals surface area contributed by atoms with Crippen molar-refractivity contribution in [3.63, 3.8) is 0 Å². The van der Waals surface area contributed by atoms with E-state index in [1.165, 1.54) is 30.1 Å². The summed E-state index contributed by atoms with van der Waals surface area (Å²) in [7, 11) is 3.06. The highest BCUT2D eigenvalue weighted by Gasteiger charge is 2.36. The van der Waals surface area contributed by atoms with E-state index in [1.54, 1.807) is 30.3 Å². The molecule has 0 radical (unpaired) electrons. The predicted octanol–water partition coefficient (Wildman–Crippen LogP) is 3.73. The third-order valence-corrected chi connectivity index (χ3v) is 5.72. The second kappa shape index (κ2) is 10.7. The number of carbonyl (C=O) groups is 2. The Hall–Kier alpha value is -4.34. The van der Waals surface area contributed by atoms with Gasteiger partial charge >= 0.3 is 0 Å². The van der Waals surface area contributed by atoms with Crippen molar-refractivity contribution in [2.75, 3.05) is 14.2 Å². The van der Waals surface area contributed by atoms with E-state index in [2.05, 4.69) is 15.6 Å². The first-order valence-corrected chi connectivity index (χ1v) is 11.8. The number of benzene rings is 2. The van der Waals surface area contributed by atoms with Gasteiger partial charge in [-0.2, -0.15) is 0 Å². The average Bonchev–Trinajstić information content (AvgIpc) is 3.52. The van der Waals surface area contributed by atoms with Gasteiger partial charge in [-0.15, -0.1) is 5.10 Å². The molecule has 4 aromatic rings. The lowest BCUT2D eigenvalue weighted by Crippen LogP contribution is -2.49. The number of para-hydroxylation sites is 1. The molecule has 194 valence electrons. The predicted molar refractivity (Wildman–Crippen MR) is 137 cm³/mol. The molecule has 2 heterocycles. The number of methoxy groups -OCH3 is 2. The summed E-state index contributed by atoms with van der Waals surface area (Å²) in [6.45, 7) is 5.55. The van der Waals surface area contributed by atoms with Crippen LogP contribution in [0.1, 0.15) is 38.1 Å². The quantitative estimate of drug-likeness (QED) is 0.369. The zero-order valence-corrected chi connectivity index (χ0v) is 21.6. The summed E-state index contributed by atoms with van der Waals surface area (Å²) >= 11 is 0. The van der Waals surface area contributed by atoms with E-state index in [-0.39, 0.29) is 24.9 Å². The summed E-state index contributed by atoms with van der Waals surface area (Å²) in [5.74, 6) is 0.760. The summed E-state index contributed by atoms with van der Waals surface area (Å²) in [5.41, 5.74) is 1.31. The smallest absolute Gasteiger partial charge is 0.248 e. The van der Waals surface area contributed by atoms with Gasteiger partial charge in [0.15, 0.2) is 0 Å². The van der Waals surface area contributed by atoms with Gasteiger partial charge in [0.25, 0.3) is 0 Å². The molecular formula is C27H31N5O5. The highest BCUT2D eigenvalue weighted by Crippen LogP contribution is 2.35. The maximum atomic E-state index is 14.0. The van der Waals surface area contributed by atoms with Gasteiger partial charge in [0, 0.05) is 11.1 Å². The number of nitrogens with one attached hydrogen (secondary N) is 1. The van der Waals surface area contributed by atoms with Crippen LogP contribution in [0.15, 0.2) is 65.3 Å². The third-order valence-electron chi connectivity index (χ3n) is 5.72. The van der Waals surface area contributed by atoms with Crippen molar-refractivity contribution >= 4 is 22.8 Å². The molecule has 0 aliphatic rings. The number of hydrogen-bond acceptors (Lipinski definition) is 7. The van der Waals surface area contributed by atoms with E-state index in [4.69, 9.17) is 13.9 Å². The van der Waals surface area contributed by atoms with E-state index in [0.29, 0.717) is 33.9 Å². The Morgan fingerprint density at radius 3 is 2.54 bits per heavy atom. The fourth-order valence-corrected chi connectivity index (χ4v) is 4.09. The van der Waals surface area contributed by atoms with Crippen LogP contribution in [0, 0.1) is 0 Å². The van der Waals surface area contributed by atoms with Gasteiger partial charge in [-0.25, -0.2) is 4.68 Å². The molecule has 2 aromatic carbocycles. The fourth-order valence-electron chi connectivity index (χ4n) is 4.09. The molecule has 0 bridgehead atoms. The molecule has 1 unspecified atom stereocenters. The lowest BCUT2D eigenvalue weighted by molar-refractivity contribution is -0.143. The lowest BCUT2D eigenvalue weighted by Gasteiger charge is -2.34. The van der Waals surface area contributed by atoms with Crippen molar-refractivity contribution in [1.29, 1.82) is 0 Å². The van der Waals surface area contributed by atoms with Crippen LogP contribution in [0.4, 0.5) is 0 Å². The zero-order chi connectivity index (χ0) is 26.6. The summed E-state index contributed by atoms with van der Waals surface area (Å²) in [6.07, 6.45) is 1.53. The molecule has 0 aliphatic heterocycles. The Morgan fingerprint density at radius 2 is 1.86 bits per heavy atom. The molecule has 0 saturated heterocycles. The van der Waals surface area contributed by atoms with E-state index in [1.807, 2.05) is 45.0 Å². The molecule has 0 spiro atoms. The Morgan fingerprint density at radius 1 is 1.08 bits per heavy atom. The zero-order valence-electron chi connectivity index (χ0n) is 21.6. The Bertz CT molecular complexity index is 1370. The molecule has 2 amide bonds. The van der Waals surface area contributed by atoms with Crippen molar-refractivity contribution in [1.82, 2.24) is 25.2 Å². The fraction of sp³-hybridized carbons (Fsp3) is 0.333. The van der Waals surface area contributed by atoms with Crippen LogP contribution >= 0.6 is 0 Å². The largest absolute Gasteiger partial charge is 0.497 e. The first-order valence-electron chi connectivity index (χ1n) is 11.8. The average molecular weight is 506 g/mol. The molecule has 1 N–H and O–H groups in total. The van der Waals surface area contributed by atoms with Crippen LogP contribution in [0.25, 0.3) is 11.0 Å². The molecule has 0 saturated carbocycles. The van der Waals surface area contributed by atoms with Gasteiger partial charge in [0.1, 0.15) is 35.4 Å². The van der Waals surface area contributed by atoms with Crippen LogP contribution in [0.3, 0.4) is 0 Å². The van der Waals surface area contributed by atoms with Crippen LogP contribution in [0.2, 0.25) is 0 Å². The van der Waals surface area contributed by atoms with Crippen molar-refractivity contribution in [3.05, 3.63) is 72.2 Å². The number of ether oxygens (including phenoxy) is 2. The minimum atomic E-state index is -1.06. The number of aromatic nitrogens is 3. The normalized spacial score (nSPS) is 12.2. The summed E-state index contributed by atoms with van der Waals surface area (Å²) < 4.78 is 18.1. The van der Waals surface area contributed by atoms with E-state index in [9.17, 15) is 9.59 Å². The van der Waals surface area contributed by atoms with E-state index >= 15 is 0 Å². The molecule has 0 aliphatic carbocycles. The van der Waals surface area contributed by atoms with Crippen molar-refractivity contribution < 1.29 is 23.5 Å². The van der Waals surface area contributed by atoms with Crippen molar-refractivity contribution in [2.45, 2.75) is 45.4 Å². The molecule has 37 heavy (non-hydrogen) atoms. The van der Waals surface area contributed by atoms with E-state index in [0.717, 1.165) is 0 Å². The summed E-state index contributed by atoms with van der Waals surface area (Å²) in [5, 5.41) is 11.3. The molecule has 10 nitrogen and oxygen atoms in total. The van der Waals surface area contributed by atoms with Gasteiger partial charge in [0.05, 0.1) is 32.5 Å². The molecule has 0 fully saturated rings. The maximum absolute atomic E-state index is 14.0. The van der Waals surface area contributed by atoms with Gasteiger partial charge < -0.3 is 24.1 Å². The van der Waals surface area contributed by atoms with Crippen LogP contribution in [-0.2, 0) is 22.7 Å². The second-order valence-corrected chi connectivity index (χ2v) is 9.59. The maximum Gasteiger partial charge on any atom is 0.248 e. The standard InChI is InChI=1S/C27H31N5O5/c1-27(2,3)28-26(34)25(20-15-18(35-4)12-13-23(20)36-5)31(16-19-9-8-14-37-19)24(33)17-32-22-11-7-6-10-21(22)29-30-32/h6-15,25H,16-17H2,1-5H3,(H,28,34). The summed E-state index contributed by atoms with van der Waals surface area (Å²) in [4.78, 5) is 29.3. The first-order chi connectivity index (χ1) is 17.7. The SMILES string of the molecule is COc1ccc(OC)c(C(C(=O)NC(C)(C)C)N(Cc2ccco2)C(=O)Cn2nnc3ccccc32)c1. The number of rotatable bonds is 9. The number of amides is 2. The molecule has 1 atom stereocenters. The number of nitrogens with zero attached hydrogens (tertiary/aromatic N) is 4. The van der Waals surface area contributed by atoms with Gasteiger partial charge in [-0.05, 0) is 63.2 Å². The van der Waals surface area contributed by atoms with Gasteiger partial charge in [-0.3, -0.25) is 9.59 Å². The molecule has 4 rings (SSSR count). The Balaban J connectivity index is 1.82. The Labute approximate surface area is 215 Å². The minimum Gasteiger partial charge on any atom is -0.497 e. The number of furan rings is 1. The van der Waals surface area contributed by atoms with Gasteiger partial charge in [-0.1, -0.05) is 17.3 Å². The highest BCUT2D eigenvalue weighted by molar-refractivity contribution is 5.90. The van der Waals surface area contributed by atoms with Crippen LogP contribution in [-0.4, -0.2) is 51.5 Å². The lowest BCUT2D eigenvalue weighted by atomic mass is 9.99. The van der Waals surface area contributed by atoms with Crippen molar-refractivity contribution in [3.8, 4) is 11.5 Å². The third kappa shape index (κ3) is 5.91. The van der Waals surface area contributed by atoms with Crippen LogP contribution < -0.4 is 14.8 Å². The van der Waals surface area contributed by atoms with Crippen LogP contribution in [0.5, 0.6) is 11.5 Å². The monoisotopic (exact) mass is 505 g/mol. The summed E-state index contributed by atoms with van der Waals surface area (Å²) in [6, 6.07) is 15.0. The molecule has 2 aromatic heterocycles. The number of fused-ring (bicyclic) bond motifs is 1. The van der Waals surface area contributed by atoms with E-state index < -0.39 is 11.6 Å². The first kappa shape index (κ1) is 25.7. The molecular weight excluding hydrogens is 474 g/mol. The highest BCUT2D eigenvalue weighted by atomic mass is 16.5. The van der Waals surface area contributed by atoms with Gasteiger partial charge in [0.2, 0.25) is 11.8 Å². The minimum absolute atomic E-state index is 0.0427. The topological polar surface area (TPSA) is 112 Å². The number of carbonyl (C=O) groups excluding carboxylic acids is 2. The molecule has 10 heteroatoms. The van der Waals surface area contributed by atoms with Crippen molar-refractivity contribution in [2.24, 2.45) is 0 Å². The Kier molecular flexibility index (Phi) is 7.47.